The molecule has 2 atom stereocenters. The minimum Gasteiger partial charge on any atom is -0.481 e. The zero-order valence-electron chi connectivity index (χ0n) is 12.6. The van der Waals surface area contributed by atoms with Gasteiger partial charge in [-0.15, -0.1) is 0 Å². The Morgan fingerprint density at radius 3 is 2.55 bits per heavy atom. The zero-order valence-corrected chi connectivity index (χ0v) is 12.6. The number of rotatable bonds is 5. The van der Waals surface area contributed by atoms with Gasteiger partial charge in [0.2, 0.25) is 0 Å². The standard InChI is InChI=1S/C16H29NO3/c1-2-12-4-3-5-14(10-12)17-11-16(20)8-6-13(7-9-16)15(18)19/h12-14,17,20H,2-11H2,1H3,(H,18,19). The van der Waals surface area contributed by atoms with Crippen LogP contribution in [0.5, 0.6) is 0 Å². The maximum atomic E-state index is 10.9. The molecule has 0 bridgehead atoms. The second kappa shape index (κ2) is 6.90. The van der Waals surface area contributed by atoms with Gasteiger partial charge in [0.05, 0.1) is 11.5 Å². The predicted octanol–water partition coefficient (Wildman–Crippen LogP) is 2.55. The molecule has 2 rings (SSSR count). The molecule has 2 aliphatic carbocycles. The zero-order chi connectivity index (χ0) is 14.6. The van der Waals surface area contributed by atoms with Crippen molar-refractivity contribution < 1.29 is 15.0 Å². The van der Waals surface area contributed by atoms with Crippen LogP contribution in [0.25, 0.3) is 0 Å². The smallest absolute Gasteiger partial charge is 0.306 e. The number of nitrogens with one attached hydrogen (secondary N) is 1. The Labute approximate surface area is 122 Å². The van der Waals surface area contributed by atoms with E-state index in [2.05, 4.69) is 12.2 Å². The van der Waals surface area contributed by atoms with E-state index in [1.54, 1.807) is 0 Å². The van der Waals surface area contributed by atoms with E-state index in [0.29, 0.717) is 38.3 Å². The second-order valence-electron chi connectivity index (χ2n) is 6.86. The summed E-state index contributed by atoms with van der Waals surface area (Å²) in [4.78, 5) is 10.9. The minimum absolute atomic E-state index is 0.255. The molecule has 20 heavy (non-hydrogen) atoms. The van der Waals surface area contributed by atoms with Gasteiger partial charge in [-0.1, -0.05) is 26.2 Å². The van der Waals surface area contributed by atoms with E-state index in [1.165, 1.54) is 32.1 Å². The number of carboxylic acid groups (broad SMARTS) is 1. The number of hydrogen-bond acceptors (Lipinski definition) is 3. The number of aliphatic hydroxyl groups is 1. The molecule has 4 nitrogen and oxygen atoms in total. The SMILES string of the molecule is CCC1CCCC(NCC2(O)CCC(C(=O)O)CC2)C1. The Hall–Kier alpha value is -0.610. The van der Waals surface area contributed by atoms with Gasteiger partial charge in [-0.3, -0.25) is 4.79 Å². The second-order valence-corrected chi connectivity index (χ2v) is 6.86. The fourth-order valence-corrected chi connectivity index (χ4v) is 3.76. The highest BCUT2D eigenvalue weighted by Crippen LogP contribution is 2.33. The van der Waals surface area contributed by atoms with E-state index in [4.69, 9.17) is 5.11 Å². The molecule has 0 heterocycles. The fraction of sp³-hybridized carbons (Fsp3) is 0.938. The molecule has 0 aromatic carbocycles. The largest absolute Gasteiger partial charge is 0.481 e. The van der Waals surface area contributed by atoms with Crippen LogP contribution in [0.15, 0.2) is 0 Å². The summed E-state index contributed by atoms with van der Waals surface area (Å²) >= 11 is 0. The molecule has 4 heteroatoms. The predicted molar refractivity (Wildman–Crippen MR) is 78.6 cm³/mol. The van der Waals surface area contributed by atoms with Crippen LogP contribution in [-0.4, -0.2) is 34.4 Å². The summed E-state index contributed by atoms with van der Waals surface area (Å²) in [6.45, 7) is 2.88. The van der Waals surface area contributed by atoms with Crippen molar-refractivity contribution >= 4 is 5.97 Å². The van der Waals surface area contributed by atoms with Crippen LogP contribution < -0.4 is 5.32 Å². The molecule has 2 aliphatic rings. The fourth-order valence-electron chi connectivity index (χ4n) is 3.76. The molecule has 2 fully saturated rings. The van der Waals surface area contributed by atoms with E-state index >= 15 is 0 Å². The van der Waals surface area contributed by atoms with E-state index in [9.17, 15) is 9.90 Å². The van der Waals surface area contributed by atoms with Gasteiger partial charge >= 0.3 is 5.97 Å². The van der Waals surface area contributed by atoms with Gasteiger partial charge in [-0.2, -0.15) is 0 Å². The summed E-state index contributed by atoms with van der Waals surface area (Å²) in [5.74, 6) is -0.133. The number of aliphatic carboxylic acids is 1. The van der Waals surface area contributed by atoms with Crippen LogP contribution in [0.2, 0.25) is 0 Å². The topological polar surface area (TPSA) is 69.6 Å². The van der Waals surface area contributed by atoms with Gasteiger partial charge in [0.15, 0.2) is 0 Å². The molecule has 3 N–H and O–H groups in total. The highest BCUT2D eigenvalue weighted by Gasteiger charge is 2.36. The quantitative estimate of drug-likeness (QED) is 0.725. The lowest BCUT2D eigenvalue weighted by molar-refractivity contribution is -0.144. The van der Waals surface area contributed by atoms with Crippen molar-refractivity contribution in [3.63, 3.8) is 0 Å². The highest BCUT2D eigenvalue weighted by molar-refractivity contribution is 5.70. The van der Waals surface area contributed by atoms with Gasteiger partial charge in [0.25, 0.3) is 0 Å². The summed E-state index contributed by atoms with van der Waals surface area (Å²) in [6, 6.07) is 0.537. The summed E-state index contributed by atoms with van der Waals surface area (Å²) in [6.07, 6.45) is 8.76. The summed E-state index contributed by atoms with van der Waals surface area (Å²) in [5, 5.41) is 23.1. The van der Waals surface area contributed by atoms with Crippen molar-refractivity contribution in [3.05, 3.63) is 0 Å². The Bertz CT molecular complexity index is 324. The van der Waals surface area contributed by atoms with Crippen LogP contribution in [0.3, 0.4) is 0 Å². The first kappa shape index (κ1) is 15.8. The summed E-state index contributed by atoms with van der Waals surface area (Å²) in [5.41, 5.74) is -0.689. The van der Waals surface area contributed by atoms with Crippen molar-refractivity contribution in [3.8, 4) is 0 Å². The lowest BCUT2D eigenvalue weighted by Crippen LogP contribution is -2.48. The minimum atomic E-state index is -0.710. The Balaban J connectivity index is 1.74. The Morgan fingerprint density at radius 2 is 1.95 bits per heavy atom. The monoisotopic (exact) mass is 283 g/mol. The highest BCUT2D eigenvalue weighted by atomic mass is 16.4. The first-order valence-electron chi connectivity index (χ1n) is 8.21. The molecule has 116 valence electrons. The van der Waals surface area contributed by atoms with E-state index in [1.807, 2.05) is 0 Å². The van der Waals surface area contributed by atoms with Crippen LogP contribution in [-0.2, 0) is 4.79 Å². The van der Waals surface area contributed by atoms with Crippen molar-refractivity contribution in [2.75, 3.05) is 6.54 Å². The molecule has 2 unspecified atom stereocenters. The van der Waals surface area contributed by atoms with E-state index in [-0.39, 0.29) is 5.92 Å². The van der Waals surface area contributed by atoms with Gasteiger partial charge < -0.3 is 15.5 Å². The third-order valence-electron chi connectivity index (χ3n) is 5.35. The lowest BCUT2D eigenvalue weighted by Gasteiger charge is -2.37. The Kier molecular flexibility index (Phi) is 5.44. The third kappa shape index (κ3) is 4.19. The molecule has 0 aromatic heterocycles. The molecule has 0 saturated heterocycles. The molecule has 0 amide bonds. The van der Waals surface area contributed by atoms with Crippen molar-refractivity contribution in [2.45, 2.75) is 76.4 Å². The average Bonchev–Trinajstić information content (AvgIpc) is 2.46. The number of carbonyl (C=O) groups is 1. The van der Waals surface area contributed by atoms with Crippen LogP contribution >= 0.6 is 0 Å². The van der Waals surface area contributed by atoms with Gasteiger partial charge in [-0.05, 0) is 44.4 Å². The Morgan fingerprint density at radius 1 is 1.25 bits per heavy atom. The summed E-state index contributed by atoms with van der Waals surface area (Å²) < 4.78 is 0. The molecule has 0 aliphatic heterocycles. The summed E-state index contributed by atoms with van der Waals surface area (Å²) in [7, 11) is 0. The molecule has 2 saturated carbocycles. The van der Waals surface area contributed by atoms with Crippen molar-refractivity contribution in [1.82, 2.24) is 5.32 Å². The lowest BCUT2D eigenvalue weighted by atomic mass is 9.78. The van der Waals surface area contributed by atoms with E-state index < -0.39 is 11.6 Å². The van der Waals surface area contributed by atoms with E-state index in [0.717, 1.165) is 5.92 Å². The van der Waals surface area contributed by atoms with Crippen LogP contribution in [0.1, 0.15) is 64.7 Å². The normalized spacial score (nSPS) is 38.6. The number of carboxylic acids is 1. The van der Waals surface area contributed by atoms with Gasteiger partial charge in [0, 0.05) is 12.6 Å². The maximum Gasteiger partial charge on any atom is 0.306 e. The first-order valence-corrected chi connectivity index (χ1v) is 8.21. The molecule has 0 radical (unpaired) electrons. The first-order chi connectivity index (χ1) is 9.52. The van der Waals surface area contributed by atoms with Crippen molar-refractivity contribution in [1.29, 1.82) is 0 Å². The number of hydrogen-bond donors (Lipinski definition) is 3. The van der Waals surface area contributed by atoms with Crippen molar-refractivity contribution in [2.24, 2.45) is 11.8 Å². The average molecular weight is 283 g/mol. The van der Waals surface area contributed by atoms with Crippen LogP contribution in [0.4, 0.5) is 0 Å². The van der Waals surface area contributed by atoms with Gasteiger partial charge in [-0.25, -0.2) is 0 Å². The van der Waals surface area contributed by atoms with Crippen LogP contribution in [0, 0.1) is 11.8 Å². The molecule has 0 aromatic rings. The maximum absolute atomic E-state index is 10.9. The molecule has 0 spiro atoms. The third-order valence-corrected chi connectivity index (χ3v) is 5.35. The molecular weight excluding hydrogens is 254 g/mol. The molecular formula is C16H29NO3. The van der Waals surface area contributed by atoms with Gasteiger partial charge in [0.1, 0.15) is 0 Å².